The first-order valence-electron chi connectivity index (χ1n) is 2.77. The molecule has 0 fully saturated rings. The molecule has 0 heterocycles. The Hall–Kier alpha value is 0.150. The predicted molar refractivity (Wildman–Crippen MR) is 41.5 cm³/mol. The minimum atomic E-state index is -4.13. The van der Waals surface area contributed by atoms with Crippen molar-refractivity contribution in [2.45, 2.75) is 4.90 Å². The van der Waals surface area contributed by atoms with Crippen molar-refractivity contribution < 1.29 is 61.3 Å². The second kappa shape index (κ2) is 5.79. The van der Waals surface area contributed by atoms with Crippen LogP contribution in [0.25, 0.3) is 0 Å². The van der Waals surface area contributed by atoms with E-state index in [1.807, 2.05) is 0 Å². The molecule has 5 nitrogen and oxygen atoms in total. The van der Waals surface area contributed by atoms with Gasteiger partial charge in [-0.05, 0) is 24.3 Å². The number of rotatable bonds is 1. The van der Waals surface area contributed by atoms with Crippen LogP contribution in [0.3, 0.4) is 0 Å². The fraction of sp³-hybridized carbons (Fsp3) is 0. The third kappa shape index (κ3) is 4.80. The molecule has 4 N–H and O–H groups in total. The molecule has 0 saturated carbocycles. The van der Waals surface area contributed by atoms with Crippen LogP contribution in [0.2, 0.25) is 0 Å². The maximum atomic E-state index is 10.4. The van der Waals surface area contributed by atoms with Gasteiger partial charge in [0.15, 0.2) is 0 Å². The number of hydrogen-bond donors (Lipinski definition) is 2. The van der Waals surface area contributed by atoms with E-state index in [2.05, 4.69) is 0 Å². The van der Waals surface area contributed by atoms with E-state index in [0.29, 0.717) is 0 Å². The number of benzene rings is 1. The van der Waals surface area contributed by atoms with Crippen LogP contribution >= 0.6 is 0 Å². The van der Waals surface area contributed by atoms with Crippen LogP contribution in [-0.2, 0) is 10.1 Å². The molecule has 1 aromatic carbocycles. The molecule has 0 aliphatic rings. The first-order valence-corrected chi connectivity index (χ1v) is 4.21. The van der Waals surface area contributed by atoms with Crippen LogP contribution in [0.1, 0.15) is 0 Å². The Morgan fingerprint density at radius 2 is 1.46 bits per heavy atom. The van der Waals surface area contributed by atoms with Crippen LogP contribution in [0.5, 0.6) is 5.75 Å². The Labute approximate surface area is 105 Å². The van der Waals surface area contributed by atoms with E-state index in [1.54, 1.807) is 0 Å². The molecule has 0 aromatic heterocycles. The van der Waals surface area contributed by atoms with Gasteiger partial charge in [0.1, 0.15) is 5.75 Å². The summed E-state index contributed by atoms with van der Waals surface area (Å²) in [5, 5.41) is 8.75. The van der Waals surface area contributed by atoms with Gasteiger partial charge in [0.25, 0.3) is 10.1 Å². The van der Waals surface area contributed by atoms with Crippen molar-refractivity contribution in [1.82, 2.24) is 0 Å². The molecule has 0 unspecified atom stereocenters. The SMILES string of the molecule is O.O=S(=O)(O)c1ccc(O)cc1.[Ar]. The van der Waals surface area contributed by atoms with Crippen molar-refractivity contribution in [2.24, 2.45) is 0 Å². The molecule has 0 amide bonds. The Morgan fingerprint density at radius 3 is 1.77 bits per heavy atom. The molecular formula is C6H8ArO5S. The van der Waals surface area contributed by atoms with E-state index < -0.39 is 10.1 Å². The van der Waals surface area contributed by atoms with Gasteiger partial charge in [-0.15, -0.1) is 0 Å². The molecule has 1 aromatic rings. The predicted octanol–water partition coefficient (Wildman–Crippen LogP) is -0.186. The van der Waals surface area contributed by atoms with E-state index in [1.165, 1.54) is 12.1 Å². The third-order valence-corrected chi connectivity index (χ3v) is 2.00. The van der Waals surface area contributed by atoms with Crippen molar-refractivity contribution in [3.63, 3.8) is 0 Å². The van der Waals surface area contributed by atoms with Crippen molar-refractivity contribution in [1.29, 1.82) is 0 Å². The summed E-state index contributed by atoms with van der Waals surface area (Å²) in [4.78, 5) is -0.227. The summed E-state index contributed by atoms with van der Waals surface area (Å²) in [5.74, 6) is -0.0441. The smallest absolute Gasteiger partial charge is 0.294 e. The molecule has 0 saturated heterocycles. The molecule has 0 aliphatic carbocycles. The van der Waals surface area contributed by atoms with Gasteiger partial charge >= 0.3 is 0 Å². The minimum Gasteiger partial charge on any atom is -0.508 e. The first-order chi connectivity index (χ1) is 5.00. The maximum absolute atomic E-state index is 10.4. The average Bonchev–Trinajstić information content (AvgIpc) is 1.86. The average molecular weight is 232 g/mol. The van der Waals surface area contributed by atoms with Gasteiger partial charge in [-0.2, -0.15) is 8.42 Å². The van der Waals surface area contributed by atoms with Crippen molar-refractivity contribution in [3.8, 4) is 5.75 Å². The van der Waals surface area contributed by atoms with Gasteiger partial charge in [0.2, 0.25) is 0 Å². The number of hydrogen-bond acceptors (Lipinski definition) is 3. The second-order valence-electron chi connectivity index (χ2n) is 1.97. The quantitative estimate of drug-likeness (QED) is 0.654. The molecule has 13 heavy (non-hydrogen) atoms. The molecule has 0 aliphatic heterocycles. The van der Waals surface area contributed by atoms with E-state index >= 15 is 0 Å². The molecule has 1 rings (SSSR count). The fourth-order valence-corrected chi connectivity index (χ4v) is 1.10. The molecule has 0 radical (unpaired) electrons. The van der Waals surface area contributed by atoms with E-state index in [4.69, 9.17) is 9.66 Å². The Morgan fingerprint density at radius 1 is 1.08 bits per heavy atom. The van der Waals surface area contributed by atoms with Gasteiger partial charge < -0.3 is 10.6 Å². The summed E-state index contributed by atoms with van der Waals surface area (Å²) >= 11 is 0. The summed E-state index contributed by atoms with van der Waals surface area (Å²) in [6, 6.07) is 4.60. The Balaban J connectivity index is 0. The standard InChI is InChI=1S/C6H6O4S.Ar.H2O/c7-5-1-3-6(4-2-5)11(8,9)10;;/h1-4,7H,(H,8,9,10);;1H2. The van der Waals surface area contributed by atoms with E-state index in [0.717, 1.165) is 12.1 Å². The topological polar surface area (TPSA) is 106 Å². The minimum absolute atomic E-state index is 0. The third-order valence-electron chi connectivity index (χ3n) is 1.13. The molecular weight excluding hydrogens is 224 g/mol. The van der Waals surface area contributed by atoms with Crippen molar-refractivity contribution >= 4 is 10.1 Å². The fourth-order valence-electron chi connectivity index (χ4n) is 0.618. The van der Waals surface area contributed by atoms with Crippen molar-refractivity contribution in [3.05, 3.63) is 24.3 Å². The summed E-state index contributed by atoms with van der Waals surface area (Å²) < 4.78 is 29.3. The van der Waals surface area contributed by atoms with Gasteiger partial charge in [0, 0.05) is 37.7 Å². The van der Waals surface area contributed by atoms with Gasteiger partial charge in [0.05, 0.1) is 4.90 Å². The monoisotopic (exact) mass is 232 g/mol. The van der Waals surface area contributed by atoms with Gasteiger partial charge in [-0.3, -0.25) is 4.55 Å². The van der Waals surface area contributed by atoms with Crippen LogP contribution in [-0.4, -0.2) is 23.6 Å². The Kier molecular flexibility index (Phi) is 6.96. The zero-order chi connectivity index (χ0) is 8.48. The molecule has 76 valence electrons. The van der Waals surface area contributed by atoms with E-state index in [-0.39, 0.29) is 53.9 Å². The summed E-state index contributed by atoms with van der Waals surface area (Å²) in [6.07, 6.45) is 0. The second-order valence-corrected chi connectivity index (χ2v) is 3.39. The zero-order valence-electron chi connectivity index (χ0n) is 6.28. The summed E-state index contributed by atoms with van der Waals surface area (Å²) in [6.45, 7) is 0. The molecule has 7 heteroatoms. The van der Waals surface area contributed by atoms with Crippen molar-refractivity contribution in [2.75, 3.05) is 0 Å². The molecule has 0 atom stereocenters. The zero-order valence-corrected chi connectivity index (χ0v) is 7.81. The number of phenols is 1. The number of aromatic hydroxyl groups is 1. The van der Waals surface area contributed by atoms with Gasteiger partial charge in [-0.1, -0.05) is 0 Å². The van der Waals surface area contributed by atoms with Crippen LogP contribution < -0.4 is 0 Å². The Bertz CT molecular complexity index is 344. The van der Waals surface area contributed by atoms with Gasteiger partial charge in [-0.25, -0.2) is 0 Å². The maximum Gasteiger partial charge on any atom is 0.294 e. The first kappa shape index (κ1) is 15.6. The summed E-state index contributed by atoms with van der Waals surface area (Å²) in [5.41, 5.74) is 0. The van der Waals surface area contributed by atoms with E-state index in [9.17, 15) is 8.42 Å². The largest absolute Gasteiger partial charge is 0.508 e. The molecule has 0 bridgehead atoms. The number of phenolic OH excluding ortho intramolecular Hbond substituents is 1. The molecule has 0 spiro atoms. The summed E-state index contributed by atoms with van der Waals surface area (Å²) in [7, 11) is -4.13. The van der Waals surface area contributed by atoms with Crippen LogP contribution in [0.4, 0.5) is 0 Å². The van der Waals surface area contributed by atoms with Crippen LogP contribution in [0, 0.1) is 37.7 Å². The normalized spacial score (nSPS) is 9.62. The van der Waals surface area contributed by atoms with Crippen LogP contribution in [0.15, 0.2) is 29.2 Å².